The van der Waals surface area contributed by atoms with Crippen LogP contribution in [0.2, 0.25) is 10.0 Å². The van der Waals surface area contributed by atoms with E-state index in [4.69, 9.17) is 32.7 Å². The Morgan fingerprint density at radius 2 is 1.84 bits per heavy atom. The van der Waals surface area contributed by atoms with Gasteiger partial charge in [0.15, 0.2) is 11.5 Å². The predicted octanol–water partition coefficient (Wildman–Crippen LogP) is 6.73. The lowest BCUT2D eigenvalue weighted by Crippen LogP contribution is -2.24. The Balaban J connectivity index is 1.67. The lowest BCUT2D eigenvalue weighted by Gasteiger charge is -2.15. The third-order valence-electron chi connectivity index (χ3n) is 4.11. The number of nitrogens with one attached hydrogen (secondary N) is 2. The summed E-state index contributed by atoms with van der Waals surface area (Å²) < 4.78 is 12.6. The molecule has 0 aliphatic rings. The van der Waals surface area contributed by atoms with Crippen LogP contribution in [0, 0.1) is 3.57 Å². The molecule has 0 spiro atoms. The second kappa shape index (κ2) is 11.9. The molecular weight excluding hydrogens is 564 g/mol. The lowest BCUT2D eigenvalue weighted by molar-refractivity contribution is 0.252. The molecule has 0 aliphatic carbocycles. The number of rotatable bonds is 8. The number of carbonyl (C=O) groups is 1. The van der Waals surface area contributed by atoms with Gasteiger partial charge in [-0.05, 0) is 77.0 Å². The first-order chi connectivity index (χ1) is 15.5. The van der Waals surface area contributed by atoms with Gasteiger partial charge in [0, 0.05) is 5.69 Å². The number of anilines is 1. The smallest absolute Gasteiger partial charge is 0.339 e. The van der Waals surface area contributed by atoms with Crippen molar-refractivity contribution in [2.24, 2.45) is 5.10 Å². The molecule has 0 fully saturated rings. The van der Waals surface area contributed by atoms with Crippen molar-refractivity contribution >= 4 is 63.7 Å². The molecule has 2 amide bonds. The number of ether oxygens (including phenoxy) is 2. The average molecular weight is 584 g/mol. The highest BCUT2D eigenvalue weighted by Gasteiger charge is 2.13. The van der Waals surface area contributed by atoms with Crippen LogP contribution in [0.5, 0.6) is 11.5 Å². The van der Waals surface area contributed by atoms with Crippen LogP contribution in [0.1, 0.15) is 18.1 Å². The van der Waals surface area contributed by atoms with E-state index in [2.05, 4.69) is 38.4 Å². The predicted molar refractivity (Wildman–Crippen MR) is 137 cm³/mol. The summed E-state index contributed by atoms with van der Waals surface area (Å²) in [6, 6.07) is 17.7. The first-order valence-electron chi connectivity index (χ1n) is 9.64. The van der Waals surface area contributed by atoms with Crippen molar-refractivity contribution in [2.45, 2.75) is 13.5 Å². The molecule has 6 nitrogen and oxygen atoms in total. The molecule has 32 heavy (non-hydrogen) atoms. The summed E-state index contributed by atoms with van der Waals surface area (Å²) in [5, 5.41) is 7.67. The molecular formula is C23H20Cl2IN3O3. The van der Waals surface area contributed by atoms with Gasteiger partial charge in [-0.2, -0.15) is 5.10 Å². The highest BCUT2D eigenvalue weighted by molar-refractivity contribution is 14.1. The number of hydrogen-bond donors (Lipinski definition) is 2. The van der Waals surface area contributed by atoms with Gasteiger partial charge in [-0.15, -0.1) is 0 Å². The van der Waals surface area contributed by atoms with Crippen molar-refractivity contribution in [1.82, 2.24) is 5.43 Å². The summed E-state index contributed by atoms with van der Waals surface area (Å²) in [5.41, 5.74) is 4.76. The molecule has 0 unspecified atom stereocenters. The summed E-state index contributed by atoms with van der Waals surface area (Å²) >= 11 is 14.2. The van der Waals surface area contributed by atoms with E-state index >= 15 is 0 Å². The molecule has 2 N–H and O–H groups in total. The molecule has 9 heteroatoms. The number of hydrogen-bond acceptors (Lipinski definition) is 4. The number of halogens is 3. The Bertz CT molecular complexity index is 1110. The minimum absolute atomic E-state index is 0.307. The molecule has 0 radical (unpaired) electrons. The van der Waals surface area contributed by atoms with Crippen molar-refractivity contribution in [1.29, 1.82) is 0 Å². The Morgan fingerprint density at radius 3 is 2.56 bits per heavy atom. The zero-order valence-electron chi connectivity index (χ0n) is 17.1. The van der Waals surface area contributed by atoms with Crippen molar-refractivity contribution < 1.29 is 14.3 Å². The summed E-state index contributed by atoms with van der Waals surface area (Å²) in [5.74, 6) is 1.19. The van der Waals surface area contributed by atoms with Crippen LogP contribution in [-0.4, -0.2) is 18.9 Å². The van der Waals surface area contributed by atoms with Gasteiger partial charge in [0.05, 0.1) is 26.4 Å². The molecule has 3 aromatic carbocycles. The lowest BCUT2D eigenvalue weighted by atomic mass is 10.2. The van der Waals surface area contributed by atoms with Gasteiger partial charge >= 0.3 is 6.03 Å². The van der Waals surface area contributed by atoms with Crippen molar-refractivity contribution in [2.75, 3.05) is 11.9 Å². The first-order valence-corrected chi connectivity index (χ1v) is 11.5. The van der Waals surface area contributed by atoms with Gasteiger partial charge in [0.2, 0.25) is 0 Å². The molecule has 0 atom stereocenters. The number of carbonyl (C=O) groups excluding carboxylic acids is 1. The van der Waals surface area contributed by atoms with E-state index in [-0.39, 0.29) is 0 Å². The number of benzene rings is 3. The normalized spacial score (nSPS) is 10.8. The van der Waals surface area contributed by atoms with Crippen molar-refractivity contribution in [3.8, 4) is 11.5 Å². The summed E-state index contributed by atoms with van der Waals surface area (Å²) in [7, 11) is 0. The van der Waals surface area contributed by atoms with Crippen LogP contribution in [0.25, 0.3) is 0 Å². The largest absolute Gasteiger partial charge is 0.490 e. The van der Waals surface area contributed by atoms with Crippen LogP contribution in [0.15, 0.2) is 65.8 Å². The monoisotopic (exact) mass is 583 g/mol. The minimum Gasteiger partial charge on any atom is -0.490 e. The standard InChI is InChI=1S/C23H20Cl2IN3O3/c1-2-31-21-12-16(13-27-29-23(30)28-17-6-4-3-5-7-17)11-20(26)22(21)32-14-15-8-9-18(24)19(25)10-15/h3-13H,2,14H2,1H3,(H2,28,29,30)/b27-13+. The fourth-order valence-corrected chi connectivity index (χ4v) is 3.80. The molecule has 0 bridgehead atoms. The zero-order valence-corrected chi connectivity index (χ0v) is 20.7. The van der Waals surface area contributed by atoms with Gasteiger partial charge < -0.3 is 14.8 Å². The maximum absolute atomic E-state index is 12.0. The summed E-state index contributed by atoms with van der Waals surface area (Å²) in [6.07, 6.45) is 1.54. The maximum atomic E-state index is 12.0. The maximum Gasteiger partial charge on any atom is 0.339 e. The molecule has 0 aromatic heterocycles. The van der Waals surface area contributed by atoms with Crippen molar-refractivity contribution in [3.05, 3.63) is 85.4 Å². The van der Waals surface area contributed by atoms with Gasteiger partial charge in [0.1, 0.15) is 6.61 Å². The number of amides is 2. The van der Waals surface area contributed by atoms with Crippen molar-refractivity contribution in [3.63, 3.8) is 0 Å². The third-order valence-corrected chi connectivity index (χ3v) is 5.65. The quantitative estimate of drug-likeness (QED) is 0.175. The summed E-state index contributed by atoms with van der Waals surface area (Å²) in [6.45, 7) is 2.67. The molecule has 3 aromatic rings. The van der Waals surface area contributed by atoms with E-state index < -0.39 is 6.03 Å². The number of hydrazone groups is 1. The summed E-state index contributed by atoms with van der Waals surface area (Å²) in [4.78, 5) is 12.0. The highest BCUT2D eigenvalue weighted by atomic mass is 127. The third kappa shape index (κ3) is 7.01. The second-order valence-corrected chi connectivity index (χ2v) is 8.47. The van der Waals surface area contributed by atoms with Gasteiger partial charge in [-0.1, -0.05) is 47.5 Å². The van der Waals surface area contributed by atoms with E-state index in [1.165, 1.54) is 6.21 Å². The van der Waals surface area contributed by atoms with Gasteiger partial charge in [-0.3, -0.25) is 0 Å². The molecule has 0 heterocycles. The minimum atomic E-state index is -0.436. The number of urea groups is 1. The van der Waals surface area contributed by atoms with E-state index in [0.29, 0.717) is 40.4 Å². The molecule has 0 saturated carbocycles. The van der Waals surface area contributed by atoms with E-state index in [9.17, 15) is 4.79 Å². The highest BCUT2D eigenvalue weighted by Crippen LogP contribution is 2.35. The Hall–Kier alpha value is -2.49. The molecule has 0 aliphatic heterocycles. The number of para-hydroxylation sites is 1. The van der Waals surface area contributed by atoms with Crippen LogP contribution >= 0.6 is 45.8 Å². The van der Waals surface area contributed by atoms with Gasteiger partial charge in [0.25, 0.3) is 0 Å². The molecule has 0 saturated heterocycles. The zero-order chi connectivity index (χ0) is 22.9. The van der Waals surface area contributed by atoms with E-state index in [0.717, 1.165) is 14.7 Å². The SMILES string of the molecule is CCOc1cc(/C=N/NC(=O)Nc2ccccc2)cc(I)c1OCc1ccc(Cl)c(Cl)c1. The van der Waals surface area contributed by atoms with E-state index in [1.807, 2.05) is 37.3 Å². The first kappa shape index (κ1) is 24.2. The average Bonchev–Trinajstić information content (AvgIpc) is 2.76. The Morgan fingerprint density at radius 1 is 1.06 bits per heavy atom. The number of nitrogens with zero attached hydrogens (tertiary/aromatic N) is 1. The van der Waals surface area contributed by atoms with Crippen LogP contribution in [-0.2, 0) is 6.61 Å². The molecule has 166 valence electrons. The topological polar surface area (TPSA) is 72.0 Å². The Kier molecular flexibility index (Phi) is 9.01. The van der Waals surface area contributed by atoms with Crippen LogP contribution < -0.4 is 20.2 Å². The van der Waals surface area contributed by atoms with Crippen LogP contribution in [0.3, 0.4) is 0 Å². The van der Waals surface area contributed by atoms with E-state index in [1.54, 1.807) is 30.3 Å². The van der Waals surface area contributed by atoms with Gasteiger partial charge in [-0.25, -0.2) is 10.2 Å². The Labute approximate surface area is 210 Å². The molecule has 3 rings (SSSR count). The second-order valence-electron chi connectivity index (χ2n) is 6.49. The fourth-order valence-electron chi connectivity index (χ4n) is 2.70. The fraction of sp³-hybridized carbons (Fsp3) is 0.130. The van der Waals surface area contributed by atoms with Crippen LogP contribution in [0.4, 0.5) is 10.5 Å².